The summed E-state index contributed by atoms with van der Waals surface area (Å²) in [5.41, 5.74) is 5.48. The minimum atomic E-state index is 0.296. The van der Waals surface area contributed by atoms with E-state index in [0.29, 0.717) is 24.5 Å². The molecule has 17 heavy (non-hydrogen) atoms. The molecule has 90 valence electrons. The second-order valence-electron chi connectivity index (χ2n) is 4.12. The van der Waals surface area contributed by atoms with E-state index in [1.54, 1.807) is 11.3 Å². The highest BCUT2D eigenvalue weighted by molar-refractivity contribution is 7.09. The van der Waals surface area contributed by atoms with Gasteiger partial charge in [-0.3, -0.25) is 0 Å². The van der Waals surface area contributed by atoms with E-state index in [-0.39, 0.29) is 0 Å². The Balaban J connectivity index is 1.79. The van der Waals surface area contributed by atoms with E-state index in [4.69, 9.17) is 10.2 Å². The van der Waals surface area contributed by atoms with Gasteiger partial charge in [0.2, 0.25) is 5.89 Å². The van der Waals surface area contributed by atoms with E-state index >= 15 is 0 Å². The molecule has 1 aliphatic carbocycles. The Morgan fingerprint density at radius 3 is 2.94 bits per heavy atom. The Labute approximate surface area is 103 Å². The van der Waals surface area contributed by atoms with Crippen molar-refractivity contribution < 1.29 is 4.42 Å². The molecule has 0 saturated heterocycles. The Hall–Kier alpha value is -1.40. The molecule has 2 aromatic rings. The summed E-state index contributed by atoms with van der Waals surface area (Å²) in [6, 6.07) is 5.33. The van der Waals surface area contributed by atoms with E-state index < -0.39 is 0 Å². The normalized spacial score (nSPS) is 15.1. The molecular formula is C11H14N4OS. The quantitative estimate of drug-likeness (QED) is 0.875. The van der Waals surface area contributed by atoms with Crippen molar-refractivity contribution >= 4 is 17.4 Å². The summed E-state index contributed by atoms with van der Waals surface area (Å²) in [6.07, 6.45) is 2.40. The average Bonchev–Trinajstić information content (AvgIpc) is 2.88. The minimum Gasteiger partial charge on any atom is -0.407 e. The standard InChI is InChI=1S/C11H14N4OS/c12-6-10-13-14-11(16-10)15(8-3-4-8)7-9-2-1-5-17-9/h1-2,5,8H,3-4,6-7,12H2. The van der Waals surface area contributed by atoms with Gasteiger partial charge in [0.05, 0.1) is 13.1 Å². The lowest BCUT2D eigenvalue weighted by Gasteiger charge is -2.18. The number of hydrogen-bond acceptors (Lipinski definition) is 6. The predicted octanol–water partition coefficient (Wildman–Crippen LogP) is 1.76. The van der Waals surface area contributed by atoms with Crippen molar-refractivity contribution in [3.05, 3.63) is 28.3 Å². The highest BCUT2D eigenvalue weighted by Crippen LogP contribution is 2.32. The summed E-state index contributed by atoms with van der Waals surface area (Å²) in [6.45, 7) is 1.14. The summed E-state index contributed by atoms with van der Waals surface area (Å²) in [5, 5.41) is 10.1. The van der Waals surface area contributed by atoms with Crippen molar-refractivity contribution in [3.63, 3.8) is 0 Å². The van der Waals surface area contributed by atoms with Gasteiger partial charge in [0, 0.05) is 10.9 Å². The molecule has 5 nitrogen and oxygen atoms in total. The Bertz CT molecular complexity index is 477. The number of thiophene rings is 1. The first-order valence-electron chi connectivity index (χ1n) is 5.68. The van der Waals surface area contributed by atoms with Crippen molar-refractivity contribution in [1.82, 2.24) is 10.2 Å². The molecule has 2 heterocycles. The topological polar surface area (TPSA) is 68.2 Å². The van der Waals surface area contributed by atoms with Crippen LogP contribution < -0.4 is 10.6 Å². The molecule has 1 aliphatic rings. The molecule has 0 atom stereocenters. The molecule has 0 unspecified atom stereocenters. The molecule has 0 amide bonds. The van der Waals surface area contributed by atoms with Gasteiger partial charge in [-0.1, -0.05) is 11.2 Å². The fraction of sp³-hybridized carbons (Fsp3) is 0.455. The maximum Gasteiger partial charge on any atom is 0.318 e. The van der Waals surface area contributed by atoms with Gasteiger partial charge in [-0.2, -0.15) is 0 Å². The van der Waals surface area contributed by atoms with Crippen LogP contribution in [-0.4, -0.2) is 16.2 Å². The van der Waals surface area contributed by atoms with Crippen molar-refractivity contribution in [2.75, 3.05) is 4.90 Å². The molecule has 0 radical (unpaired) electrons. The van der Waals surface area contributed by atoms with Gasteiger partial charge in [0.15, 0.2) is 0 Å². The fourth-order valence-corrected chi connectivity index (χ4v) is 2.46. The van der Waals surface area contributed by atoms with Crippen LogP contribution in [0.5, 0.6) is 0 Å². The number of aromatic nitrogens is 2. The van der Waals surface area contributed by atoms with Crippen molar-refractivity contribution in [1.29, 1.82) is 0 Å². The van der Waals surface area contributed by atoms with Crippen LogP contribution >= 0.6 is 11.3 Å². The molecule has 2 aromatic heterocycles. The van der Waals surface area contributed by atoms with Crippen molar-refractivity contribution in [3.8, 4) is 0 Å². The molecule has 0 spiro atoms. The van der Waals surface area contributed by atoms with Crippen LogP contribution in [0.4, 0.5) is 6.01 Å². The molecule has 0 aromatic carbocycles. The zero-order chi connectivity index (χ0) is 11.7. The Morgan fingerprint density at radius 1 is 1.47 bits per heavy atom. The maximum absolute atomic E-state index is 5.53. The number of rotatable bonds is 5. The third-order valence-electron chi connectivity index (χ3n) is 2.77. The van der Waals surface area contributed by atoms with E-state index in [1.807, 2.05) is 0 Å². The van der Waals surface area contributed by atoms with Crippen molar-refractivity contribution in [2.24, 2.45) is 5.73 Å². The van der Waals surface area contributed by atoms with Crippen molar-refractivity contribution in [2.45, 2.75) is 32.0 Å². The van der Waals surface area contributed by atoms with Crippen LogP contribution in [0, 0.1) is 0 Å². The number of nitrogens with zero attached hydrogens (tertiary/aromatic N) is 3. The summed E-state index contributed by atoms with van der Waals surface area (Å²) in [7, 11) is 0. The van der Waals surface area contributed by atoms with Crippen LogP contribution in [0.25, 0.3) is 0 Å². The van der Waals surface area contributed by atoms with Gasteiger partial charge in [0.25, 0.3) is 0 Å². The molecule has 0 aliphatic heterocycles. The van der Waals surface area contributed by atoms with Crippen LogP contribution in [0.2, 0.25) is 0 Å². The van der Waals surface area contributed by atoms with E-state index in [0.717, 1.165) is 6.54 Å². The first kappa shape index (κ1) is 10.7. The van der Waals surface area contributed by atoms with Gasteiger partial charge in [0.1, 0.15) is 0 Å². The summed E-state index contributed by atoms with van der Waals surface area (Å²) in [4.78, 5) is 3.49. The van der Waals surface area contributed by atoms with Crippen LogP contribution in [0.1, 0.15) is 23.6 Å². The van der Waals surface area contributed by atoms with Gasteiger partial charge >= 0.3 is 6.01 Å². The van der Waals surface area contributed by atoms with E-state index in [2.05, 4.69) is 32.6 Å². The molecule has 2 N–H and O–H groups in total. The average molecular weight is 250 g/mol. The smallest absolute Gasteiger partial charge is 0.318 e. The van der Waals surface area contributed by atoms with Gasteiger partial charge in [-0.15, -0.1) is 16.4 Å². The zero-order valence-electron chi connectivity index (χ0n) is 9.37. The Morgan fingerprint density at radius 2 is 2.35 bits per heavy atom. The largest absolute Gasteiger partial charge is 0.407 e. The second-order valence-corrected chi connectivity index (χ2v) is 5.15. The number of nitrogens with two attached hydrogens (primary N) is 1. The number of hydrogen-bond donors (Lipinski definition) is 1. The highest BCUT2D eigenvalue weighted by atomic mass is 32.1. The number of anilines is 1. The lowest BCUT2D eigenvalue weighted by molar-refractivity contribution is 0.482. The molecule has 1 saturated carbocycles. The lowest BCUT2D eigenvalue weighted by atomic mass is 10.4. The third-order valence-corrected chi connectivity index (χ3v) is 3.63. The Kier molecular flexibility index (Phi) is 2.82. The van der Waals surface area contributed by atoms with Gasteiger partial charge < -0.3 is 15.1 Å². The molecule has 3 rings (SSSR count). The first-order valence-corrected chi connectivity index (χ1v) is 6.56. The summed E-state index contributed by atoms with van der Waals surface area (Å²) < 4.78 is 5.53. The third kappa shape index (κ3) is 2.32. The molecule has 6 heteroatoms. The van der Waals surface area contributed by atoms with E-state index in [9.17, 15) is 0 Å². The fourth-order valence-electron chi connectivity index (χ4n) is 1.75. The first-order chi connectivity index (χ1) is 8.36. The predicted molar refractivity (Wildman–Crippen MR) is 65.7 cm³/mol. The maximum atomic E-state index is 5.53. The van der Waals surface area contributed by atoms with Gasteiger partial charge in [-0.05, 0) is 24.3 Å². The van der Waals surface area contributed by atoms with Gasteiger partial charge in [-0.25, -0.2) is 0 Å². The SMILES string of the molecule is NCc1nnc(N(Cc2cccs2)C2CC2)o1. The molecule has 0 bridgehead atoms. The van der Waals surface area contributed by atoms with Crippen LogP contribution in [0.15, 0.2) is 21.9 Å². The zero-order valence-corrected chi connectivity index (χ0v) is 10.2. The second kappa shape index (κ2) is 4.46. The lowest BCUT2D eigenvalue weighted by Crippen LogP contribution is -2.24. The van der Waals surface area contributed by atoms with Crippen LogP contribution in [-0.2, 0) is 13.1 Å². The summed E-state index contributed by atoms with van der Waals surface area (Å²) in [5.74, 6) is 0.497. The molecular weight excluding hydrogens is 236 g/mol. The summed E-state index contributed by atoms with van der Waals surface area (Å²) >= 11 is 1.75. The van der Waals surface area contributed by atoms with Crippen LogP contribution in [0.3, 0.4) is 0 Å². The monoisotopic (exact) mass is 250 g/mol. The highest BCUT2D eigenvalue weighted by Gasteiger charge is 2.32. The van der Waals surface area contributed by atoms with E-state index in [1.165, 1.54) is 17.7 Å². The minimum absolute atomic E-state index is 0.296. The molecule has 1 fully saturated rings.